The molecule has 1 spiro atoms. The number of amides is 2. The Morgan fingerprint density at radius 3 is 2.61 bits per heavy atom. The minimum Gasteiger partial charge on any atom is -0.495 e. The second-order valence-electron chi connectivity index (χ2n) is 8.06. The first-order chi connectivity index (χ1) is 15.7. The van der Waals surface area contributed by atoms with Crippen molar-refractivity contribution in [2.24, 2.45) is 11.8 Å². The smallest absolute Gasteiger partial charge is 0.495 e. The number of ether oxygens (including phenoxy) is 3. The predicted molar refractivity (Wildman–Crippen MR) is 111 cm³/mol. The Balaban J connectivity index is 1.36. The van der Waals surface area contributed by atoms with Crippen LogP contribution in [0.2, 0.25) is 0 Å². The van der Waals surface area contributed by atoms with Crippen molar-refractivity contribution in [2.75, 3.05) is 23.9 Å². The zero-order chi connectivity index (χ0) is 23.4. The van der Waals surface area contributed by atoms with Gasteiger partial charge in [0, 0.05) is 5.69 Å². The summed E-state index contributed by atoms with van der Waals surface area (Å²) < 4.78 is 52.4. The molecule has 10 heteroatoms. The van der Waals surface area contributed by atoms with Crippen molar-refractivity contribution in [1.29, 1.82) is 0 Å². The van der Waals surface area contributed by atoms with E-state index in [-0.39, 0.29) is 18.1 Å². The van der Waals surface area contributed by atoms with E-state index in [1.54, 1.807) is 35.2 Å². The molecule has 3 aliphatic rings. The minimum atomic E-state index is -4.80. The van der Waals surface area contributed by atoms with E-state index in [2.05, 4.69) is 10.1 Å². The van der Waals surface area contributed by atoms with Crippen LogP contribution in [0.3, 0.4) is 0 Å². The van der Waals surface area contributed by atoms with Crippen molar-refractivity contribution in [3.63, 3.8) is 0 Å². The molecule has 1 N–H and O–H groups in total. The fraction of sp³-hybridized carbons (Fsp3) is 0.304. The number of methoxy groups -OCH3 is 1. The van der Waals surface area contributed by atoms with Gasteiger partial charge in [-0.15, -0.1) is 13.2 Å². The Kier molecular flexibility index (Phi) is 4.86. The van der Waals surface area contributed by atoms with Crippen LogP contribution < -0.4 is 19.7 Å². The second kappa shape index (κ2) is 7.51. The van der Waals surface area contributed by atoms with Gasteiger partial charge in [-0.05, 0) is 36.4 Å². The van der Waals surface area contributed by atoms with E-state index < -0.39 is 41.6 Å². The molecule has 0 aliphatic carbocycles. The van der Waals surface area contributed by atoms with Crippen LogP contribution in [0, 0.1) is 11.8 Å². The molecule has 0 aromatic heterocycles. The van der Waals surface area contributed by atoms with Crippen LogP contribution >= 0.6 is 0 Å². The third-order valence-corrected chi connectivity index (χ3v) is 6.13. The topological polar surface area (TPSA) is 77.1 Å². The number of halogens is 3. The van der Waals surface area contributed by atoms with Crippen LogP contribution in [0.1, 0.15) is 0 Å². The average molecular weight is 460 g/mol. The van der Waals surface area contributed by atoms with Crippen LogP contribution in [0.5, 0.6) is 11.5 Å². The predicted octanol–water partition coefficient (Wildman–Crippen LogP) is 3.52. The third kappa shape index (κ3) is 3.60. The first-order valence-corrected chi connectivity index (χ1v) is 10.2. The number of hydrogen-bond acceptors (Lipinski definition) is 5. The van der Waals surface area contributed by atoms with Crippen LogP contribution in [0.25, 0.3) is 0 Å². The molecular formula is C23H19F3N2O5. The van der Waals surface area contributed by atoms with Crippen LogP contribution in [-0.4, -0.2) is 43.5 Å². The number of carbonyl (C=O) groups excluding carboxylic acids is 2. The largest absolute Gasteiger partial charge is 0.573 e. The Labute approximate surface area is 186 Å². The van der Waals surface area contributed by atoms with E-state index >= 15 is 0 Å². The van der Waals surface area contributed by atoms with E-state index in [0.717, 1.165) is 12.1 Å². The molecule has 2 amide bonds. The lowest BCUT2D eigenvalue weighted by Crippen LogP contribution is -2.41. The highest BCUT2D eigenvalue weighted by Gasteiger charge is 2.67. The monoisotopic (exact) mass is 460 g/mol. The van der Waals surface area contributed by atoms with Gasteiger partial charge in [0.15, 0.2) is 0 Å². The Bertz CT molecular complexity index is 1130. The van der Waals surface area contributed by atoms with Gasteiger partial charge >= 0.3 is 6.36 Å². The average Bonchev–Trinajstić information content (AvgIpc) is 3.42. The van der Waals surface area contributed by atoms with Crippen molar-refractivity contribution >= 4 is 23.2 Å². The summed E-state index contributed by atoms with van der Waals surface area (Å²) in [5, 5.41) is 2.68. The van der Waals surface area contributed by atoms with Gasteiger partial charge in [-0.2, -0.15) is 0 Å². The van der Waals surface area contributed by atoms with Gasteiger partial charge in [0.05, 0.1) is 37.3 Å². The van der Waals surface area contributed by atoms with Crippen molar-refractivity contribution in [1.82, 2.24) is 0 Å². The highest BCUT2D eigenvalue weighted by molar-refractivity contribution is 6.06. The fourth-order valence-corrected chi connectivity index (χ4v) is 4.82. The molecule has 5 rings (SSSR count). The van der Waals surface area contributed by atoms with E-state index in [1.165, 1.54) is 19.2 Å². The van der Waals surface area contributed by atoms with Gasteiger partial charge < -0.3 is 24.4 Å². The molecule has 33 heavy (non-hydrogen) atoms. The van der Waals surface area contributed by atoms with Gasteiger partial charge in [-0.3, -0.25) is 9.59 Å². The number of para-hydroxylation sites is 2. The van der Waals surface area contributed by atoms with E-state index in [9.17, 15) is 22.8 Å². The summed E-state index contributed by atoms with van der Waals surface area (Å²) in [6.45, 7) is 0.247. The maximum absolute atomic E-state index is 13.4. The molecular weight excluding hydrogens is 441 g/mol. The summed E-state index contributed by atoms with van der Waals surface area (Å²) in [4.78, 5) is 28.1. The SMILES string of the molecule is COc1ccccc1N1C[C@@]23C=C[C@@H](O2)C(C(=O)Nc2ccc(OC(F)(F)F)cc2)C3C1=O. The van der Waals surface area contributed by atoms with E-state index in [0.29, 0.717) is 11.4 Å². The molecule has 172 valence electrons. The standard InChI is InChI=1S/C23H19F3N2O5/c1-31-16-5-3-2-4-15(16)28-12-22-11-10-17(33-22)18(19(22)21(28)30)20(29)27-13-6-8-14(9-7-13)32-23(24,25)26/h2-11,17-19H,12H2,1H3,(H,27,29)/t17-,18?,19?,22-/m1/s1. The number of hydrogen-bond donors (Lipinski definition) is 1. The number of fused-ring (bicyclic) bond motifs is 1. The zero-order valence-electron chi connectivity index (χ0n) is 17.3. The lowest BCUT2D eigenvalue weighted by molar-refractivity contribution is -0.274. The summed E-state index contributed by atoms with van der Waals surface area (Å²) in [5.74, 6) is -2.08. The van der Waals surface area contributed by atoms with Crippen molar-refractivity contribution < 1.29 is 37.0 Å². The van der Waals surface area contributed by atoms with Gasteiger partial charge in [0.1, 0.15) is 17.1 Å². The molecule has 3 aliphatic heterocycles. The van der Waals surface area contributed by atoms with Gasteiger partial charge in [0.25, 0.3) is 0 Å². The number of rotatable bonds is 5. The summed E-state index contributed by atoms with van der Waals surface area (Å²) in [6, 6.07) is 11.9. The number of nitrogens with zero attached hydrogens (tertiary/aromatic N) is 1. The van der Waals surface area contributed by atoms with Crippen molar-refractivity contribution in [3.05, 3.63) is 60.7 Å². The van der Waals surface area contributed by atoms with Crippen LogP contribution in [0.4, 0.5) is 24.5 Å². The molecule has 2 fully saturated rings. The summed E-state index contributed by atoms with van der Waals surface area (Å²) >= 11 is 0. The number of carbonyl (C=O) groups is 2. The van der Waals surface area contributed by atoms with Crippen molar-refractivity contribution in [3.8, 4) is 11.5 Å². The Hall–Kier alpha value is -3.53. The van der Waals surface area contributed by atoms with E-state index in [1.807, 2.05) is 6.08 Å². The first-order valence-electron chi connectivity index (χ1n) is 10.2. The first kappa shape index (κ1) is 21.3. The van der Waals surface area contributed by atoms with Gasteiger partial charge in [-0.1, -0.05) is 24.3 Å². The molecule has 2 aromatic carbocycles. The molecule has 0 saturated carbocycles. The van der Waals surface area contributed by atoms with Gasteiger partial charge in [-0.25, -0.2) is 0 Å². The van der Waals surface area contributed by atoms with Crippen LogP contribution in [0.15, 0.2) is 60.7 Å². The Morgan fingerprint density at radius 1 is 1.18 bits per heavy atom. The third-order valence-electron chi connectivity index (χ3n) is 6.13. The number of anilines is 2. The number of alkyl halides is 3. The summed E-state index contributed by atoms with van der Waals surface area (Å²) in [6.07, 6.45) is -1.75. The maximum atomic E-state index is 13.4. The molecule has 7 nitrogen and oxygen atoms in total. The van der Waals surface area contributed by atoms with E-state index in [4.69, 9.17) is 9.47 Å². The molecule has 2 unspecified atom stereocenters. The molecule has 3 heterocycles. The molecule has 2 aromatic rings. The molecule has 0 radical (unpaired) electrons. The lowest BCUT2D eigenvalue weighted by Gasteiger charge is -2.23. The van der Waals surface area contributed by atoms with Crippen LogP contribution in [-0.2, 0) is 14.3 Å². The quantitative estimate of drug-likeness (QED) is 0.691. The maximum Gasteiger partial charge on any atom is 0.573 e. The second-order valence-corrected chi connectivity index (χ2v) is 8.06. The fourth-order valence-electron chi connectivity index (χ4n) is 4.82. The summed E-state index contributed by atoms with van der Waals surface area (Å²) in [7, 11) is 1.52. The molecule has 2 bridgehead atoms. The number of benzene rings is 2. The highest BCUT2D eigenvalue weighted by Crippen LogP contribution is 2.53. The lowest BCUT2D eigenvalue weighted by atomic mass is 9.77. The zero-order valence-corrected chi connectivity index (χ0v) is 17.3. The summed E-state index contributed by atoms with van der Waals surface area (Å²) in [5.41, 5.74) is -0.0503. The molecule has 2 saturated heterocycles. The van der Waals surface area contributed by atoms with Gasteiger partial charge in [0.2, 0.25) is 11.8 Å². The van der Waals surface area contributed by atoms with Crippen molar-refractivity contribution in [2.45, 2.75) is 18.1 Å². The Morgan fingerprint density at radius 2 is 1.91 bits per heavy atom. The minimum absolute atomic E-state index is 0.247. The normalized spacial score (nSPS) is 27.6. The number of nitrogens with one attached hydrogen (secondary N) is 1. The highest BCUT2D eigenvalue weighted by atomic mass is 19.4. The molecule has 4 atom stereocenters.